The third-order valence-electron chi connectivity index (χ3n) is 1.85. The van der Waals surface area contributed by atoms with Gasteiger partial charge in [-0.05, 0) is 0 Å². The molecule has 1 saturated heterocycles. The zero-order chi connectivity index (χ0) is 10.2. The number of hydrogen-bond acceptors (Lipinski definition) is 6. The Kier molecular flexibility index (Phi) is 2.20. The molecular formula is C7H10N2O4S. The van der Waals surface area contributed by atoms with Gasteiger partial charge in [-0.2, -0.15) is 8.42 Å². The van der Waals surface area contributed by atoms with Crippen molar-refractivity contribution < 1.29 is 17.0 Å². The van der Waals surface area contributed by atoms with Gasteiger partial charge in [0.2, 0.25) is 0 Å². The van der Waals surface area contributed by atoms with Gasteiger partial charge < -0.3 is 9.32 Å². The summed E-state index contributed by atoms with van der Waals surface area (Å²) < 4.78 is 31.3. The molecule has 1 aliphatic heterocycles. The summed E-state index contributed by atoms with van der Waals surface area (Å²) in [6, 6.07) is 0.498. The van der Waals surface area contributed by atoms with E-state index in [-0.39, 0.29) is 6.10 Å². The normalized spacial score (nSPS) is 18.2. The minimum absolute atomic E-state index is 0.281. The maximum absolute atomic E-state index is 10.7. The number of rotatable bonds is 3. The monoisotopic (exact) mass is 218 g/mol. The van der Waals surface area contributed by atoms with Crippen molar-refractivity contribution in [3.05, 3.63) is 12.5 Å². The summed E-state index contributed by atoms with van der Waals surface area (Å²) in [5.74, 6) is 0. The zero-order valence-corrected chi connectivity index (χ0v) is 8.40. The Labute approximate surface area is 81.6 Å². The number of nitrogens with zero attached hydrogens (tertiary/aromatic N) is 2. The lowest BCUT2D eigenvalue weighted by molar-refractivity contribution is 0.171. The Balaban J connectivity index is 1.86. The summed E-state index contributed by atoms with van der Waals surface area (Å²) >= 11 is 0. The zero-order valence-electron chi connectivity index (χ0n) is 7.58. The van der Waals surface area contributed by atoms with E-state index in [9.17, 15) is 8.42 Å². The van der Waals surface area contributed by atoms with Crippen molar-refractivity contribution in [3.8, 4) is 0 Å². The van der Waals surface area contributed by atoms with Crippen molar-refractivity contribution in [2.45, 2.75) is 6.10 Å². The number of anilines is 1. The van der Waals surface area contributed by atoms with E-state index < -0.39 is 10.1 Å². The number of aromatic nitrogens is 1. The molecule has 0 saturated carbocycles. The van der Waals surface area contributed by atoms with E-state index in [0.717, 1.165) is 6.26 Å². The van der Waals surface area contributed by atoms with Gasteiger partial charge >= 0.3 is 0 Å². The van der Waals surface area contributed by atoms with Gasteiger partial charge in [0.05, 0.1) is 25.5 Å². The van der Waals surface area contributed by atoms with Crippen molar-refractivity contribution in [3.63, 3.8) is 0 Å². The smallest absolute Gasteiger partial charge is 0.297 e. The summed E-state index contributed by atoms with van der Waals surface area (Å²) in [5.41, 5.74) is 0. The first-order valence-electron chi connectivity index (χ1n) is 4.07. The SMILES string of the molecule is CS(=O)(=O)OC1CN(c2ncco2)C1. The van der Waals surface area contributed by atoms with Crippen LogP contribution in [0.5, 0.6) is 0 Å². The van der Waals surface area contributed by atoms with E-state index in [0.29, 0.717) is 19.1 Å². The first kappa shape index (κ1) is 9.47. The van der Waals surface area contributed by atoms with Crippen molar-refractivity contribution >= 4 is 16.1 Å². The molecule has 0 aliphatic carbocycles. The molecule has 14 heavy (non-hydrogen) atoms. The Bertz CT molecular complexity index is 393. The van der Waals surface area contributed by atoms with Crippen LogP contribution >= 0.6 is 0 Å². The van der Waals surface area contributed by atoms with Crippen LogP contribution in [0.2, 0.25) is 0 Å². The van der Waals surface area contributed by atoms with Crippen molar-refractivity contribution in [1.82, 2.24) is 4.98 Å². The molecule has 6 nitrogen and oxygen atoms in total. The van der Waals surface area contributed by atoms with Crippen LogP contribution in [0.4, 0.5) is 6.01 Å². The molecule has 2 heterocycles. The molecule has 2 rings (SSSR count). The van der Waals surface area contributed by atoms with Crippen LogP contribution < -0.4 is 4.90 Å². The Hall–Kier alpha value is -1.08. The predicted octanol–water partition coefficient (Wildman–Crippen LogP) is -0.161. The maximum Gasteiger partial charge on any atom is 0.297 e. The molecule has 0 radical (unpaired) electrons. The summed E-state index contributed by atoms with van der Waals surface area (Å²) in [4.78, 5) is 5.72. The second kappa shape index (κ2) is 3.25. The average molecular weight is 218 g/mol. The molecule has 1 fully saturated rings. The van der Waals surface area contributed by atoms with Gasteiger partial charge in [0.1, 0.15) is 12.4 Å². The lowest BCUT2D eigenvalue weighted by Crippen LogP contribution is -2.53. The molecule has 0 spiro atoms. The van der Waals surface area contributed by atoms with Gasteiger partial charge in [-0.25, -0.2) is 4.98 Å². The maximum atomic E-state index is 10.7. The Morgan fingerprint density at radius 2 is 2.36 bits per heavy atom. The van der Waals surface area contributed by atoms with Crippen molar-refractivity contribution in [2.75, 3.05) is 24.2 Å². The molecule has 0 bridgehead atoms. The van der Waals surface area contributed by atoms with Gasteiger partial charge in [-0.15, -0.1) is 0 Å². The highest BCUT2D eigenvalue weighted by Gasteiger charge is 2.32. The van der Waals surface area contributed by atoms with Gasteiger partial charge in [0.25, 0.3) is 16.1 Å². The third kappa shape index (κ3) is 2.05. The Morgan fingerprint density at radius 1 is 1.64 bits per heavy atom. The largest absolute Gasteiger partial charge is 0.432 e. The van der Waals surface area contributed by atoms with Gasteiger partial charge in [0.15, 0.2) is 0 Å². The fourth-order valence-electron chi connectivity index (χ4n) is 1.27. The third-order valence-corrected chi connectivity index (χ3v) is 2.47. The molecule has 1 aromatic rings. The fraction of sp³-hybridized carbons (Fsp3) is 0.571. The number of hydrogen-bond donors (Lipinski definition) is 0. The molecule has 1 aliphatic rings. The fourth-order valence-corrected chi connectivity index (χ4v) is 1.89. The highest BCUT2D eigenvalue weighted by atomic mass is 32.2. The predicted molar refractivity (Wildman–Crippen MR) is 48.4 cm³/mol. The van der Waals surface area contributed by atoms with Crippen LogP contribution in [0.15, 0.2) is 16.9 Å². The Morgan fingerprint density at radius 3 is 2.86 bits per heavy atom. The molecule has 0 N–H and O–H groups in total. The quantitative estimate of drug-likeness (QED) is 0.656. The van der Waals surface area contributed by atoms with Crippen molar-refractivity contribution in [2.24, 2.45) is 0 Å². The summed E-state index contributed by atoms with van der Waals surface area (Å²) in [5, 5.41) is 0. The lowest BCUT2D eigenvalue weighted by atomic mass is 10.2. The van der Waals surface area contributed by atoms with E-state index in [4.69, 9.17) is 8.60 Å². The highest BCUT2D eigenvalue weighted by molar-refractivity contribution is 7.86. The molecule has 78 valence electrons. The summed E-state index contributed by atoms with van der Waals surface area (Å²) in [6.45, 7) is 0.987. The lowest BCUT2D eigenvalue weighted by Gasteiger charge is -2.36. The molecule has 1 aromatic heterocycles. The molecular weight excluding hydrogens is 208 g/mol. The van der Waals surface area contributed by atoms with Gasteiger partial charge in [-0.1, -0.05) is 0 Å². The summed E-state index contributed by atoms with van der Waals surface area (Å²) in [7, 11) is -3.35. The van der Waals surface area contributed by atoms with Crippen LogP contribution in [0.3, 0.4) is 0 Å². The molecule has 0 unspecified atom stereocenters. The first-order valence-corrected chi connectivity index (χ1v) is 5.89. The minimum atomic E-state index is -3.35. The standard InChI is InChI=1S/C7H10N2O4S/c1-14(10,11)13-6-4-9(5-6)7-8-2-3-12-7/h2-3,6H,4-5H2,1H3. The second-order valence-corrected chi connectivity index (χ2v) is 4.74. The van der Waals surface area contributed by atoms with Crippen LogP contribution in [0, 0.1) is 0 Å². The molecule has 0 atom stereocenters. The molecule has 7 heteroatoms. The van der Waals surface area contributed by atoms with E-state index in [1.165, 1.54) is 6.26 Å². The highest BCUT2D eigenvalue weighted by Crippen LogP contribution is 2.20. The summed E-state index contributed by atoms with van der Waals surface area (Å²) in [6.07, 6.45) is 3.78. The van der Waals surface area contributed by atoms with Gasteiger partial charge in [0, 0.05) is 0 Å². The van der Waals surface area contributed by atoms with Crippen LogP contribution in [0.1, 0.15) is 0 Å². The molecule has 0 aromatic carbocycles. The van der Waals surface area contributed by atoms with Crippen LogP contribution in [0.25, 0.3) is 0 Å². The minimum Gasteiger partial charge on any atom is -0.432 e. The van der Waals surface area contributed by atoms with Crippen molar-refractivity contribution in [1.29, 1.82) is 0 Å². The average Bonchev–Trinajstić information content (AvgIpc) is 2.45. The first-order chi connectivity index (χ1) is 6.54. The van der Waals surface area contributed by atoms with E-state index >= 15 is 0 Å². The van der Waals surface area contributed by atoms with Crippen LogP contribution in [-0.4, -0.2) is 38.9 Å². The second-order valence-electron chi connectivity index (χ2n) is 3.14. The van der Waals surface area contributed by atoms with E-state index in [1.54, 1.807) is 11.1 Å². The van der Waals surface area contributed by atoms with Crippen LogP contribution in [-0.2, 0) is 14.3 Å². The van der Waals surface area contributed by atoms with E-state index in [1.807, 2.05) is 0 Å². The molecule has 0 amide bonds. The topological polar surface area (TPSA) is 72.6 Å². The van der Waals surface area contributed by atoms with E-state index in [2.05, 4.69) is 4.98 Å². The number of oxazole rings is 1. The van der Waals surface area contributed by atoms with Gasteiger partial charge in [-0.3, -0.25) is 4.18 Å².